The van der Waals surface area contributed by atoms with Crippen molar-refractivity contribution in [1.29, 1.82) is 0 Å². The van der Waals surface area contributed by atoms with E-state index >= 15 is 0 Å². The lowest BCUT2D eigenvalue weighted by molar-refractivity contribution is -0.157. The van der Waals surface area contributed by atoms with E-state index in [1.807, 2.05) is 60.7 Å². The summed E-state index contributed by atoms with van der Waals surface area (Å²) in [5.74, 6) is -0.392. The molecule has 0 radical (unpaired) electrons. The Bertz CT molecular complexity index is 1440. The fourth-order valence-electron chi connectivity index (χ4n) is 6.69. The van der Waals surface area contributed by atoms with Gasteiger partial charge in [0.15, 0.2) is 0 Å². The minimum absolute atomic E-state index is 0.00787. The Morgan fingerprint density at radius 2 is 1.82 bits per heavy atom. The molecule has 7 nitrogen and oxygen atoms in total. The molecule has 1 saturated carbocycles. The Morgan fingerprint density at radius 1 is 1.02 bits per heavy atom. The van der Waals surface area contributed by atoms with Crippen LogP contribution >= 0.6 is 0 Å². The number of esters is 2. The van der Waals surface area contributed by atoms with Gasteiger partial charge >= 0.3 is 11.9 Å². The van der Waals surface area contributed by atoms with Gasteiger partial charge in [-0.05, 0) is 60.0 Å². The molecule has 1 aliphatic carbocycles. The maximum Gasteiger partial charge on any atom is 0.308 e. The number of hydrogen-bond donors (Lipinski definition) is 1. The van der Waals surface area contributed by atoms with Crippen molar-refractivity contribution in [2.45, 2.75) is 50.7 Å². The van der Waals surface area contributed by atoms with E-state index in [4.69, 9.17) is 9.47 Å². The summed E-state index contributed by atoms with van der Waals surface area (Å²) in [5, 5.41) is 5.35. The van der Waals surface area contributed by atoms with Crippen molar-refractivity contribution < 1.29 is 23.9 Å². The van der Waals surface area contributed by atoms with Crippen LogP contribution in [0.5, 0.6) is 5.75 Å². The Kier molecular flexibility index (Phi) is 8.03. The molecule has 0 bridgehead atoms. The van der Waals surface area contributed by atoms with Crippen molar-refractivity contribution in [3.8, 4) is 5.75 Å². The average molecular weight is 541 g/mol. The van der Waals surface area contributed by atoms with Crippen LogP contribution in [-0.4, -0.2) is 54.5 Å². The number of carbonyl (C=O) groups excluding carboxylic acids is 3. The number of ether oxygens (including phenoxy) is 2. The first kappa shape index (κ1) is 27.6. The smallest absolute Gasteiger partial charge is 0.308 e. The highest BCUT2D eigenvalue weighted by atomic mass is 16.5. The molecule has 3 aromatic carbocycles. The lowest BCUT2D eigenvalue weighted by Gasteiger charge is -2.55. The van der Waals surface area contributed by atoms with Gasteiger partial charge in [-0.15, -0.1) is 6.58 Å². The number of hydrogen-bond acceptors (Lipinski definition) is 6. The number of carbonyl (C=O) groups is 3. The standard InChI is InChI=1S/C33H36N2O5/c1-4-15-35-16-14-33(27-10-7-11-29(18-27)39-22(2)36)20-28(19-31(30(33)21-35)40-23(3)37)34-32(38)26-13-12-24-8-5-6-9-25(24)17-26/h4-13,17-18,28,30-31H,1,14-16,19-21H2,2-3H3,(H,34,38)/t28-,30-,31?,33-/m0/s1. The Balaban J connectivity index is 1.50. The predicted octanol–water partition coefficient (Wildman–Crippen LogP) is 5.03. The van der Waals surface area contributed by atoms with Crippen molar-refractivity contribution in [3.05, 3.63) is 90.5 Å². The van der Waals surface area contributed by atoms with Crippen molar-refractivity contribution in [2.24, 2.45) is 5.92 Å². The van der Waals surface area contributed by atoms with Crippen LogP contribution in [0.15, 0.2) is 79.4 Å². The van der Waals surface area contributed by atoms with Crippen LogP contribution in [-0.2, 0) is 19.7 Å². The van der Waals surface area contributed by atoms with Crippen LogP contribution in [0.3, 0.4) is 0 Å². The average Bonchev–Trinajstić information content (AvgIpc) is 2.93. The van der Waals surface area contributed by atoms with Gasteiger partial charge in [-0.1, -0.05) is 48.5 Å². The first-order valence-corrected chi connectivity index (χ1v) is 13.9. The zero-order valence-electron chi connectivity index (χ0n) is 23.1. The van der Waals surface area contributed by atoms with Crippen molar-refractivity contribution in [1.82, 2.24) is 10.2 Å². The molecule has 7 heteroatoms. The minimum Gasteiger partial charge on any atom is -0.462 e. The van der Waals surface area contributed by atoms with Crippen molar-refractivity contribution in [2.75, 3.05) is 19.6 Å². The fraction of sp³-hybridized carbons (Fsp3) is 0.364. The van der Waals surface area contributed by atoms with E-state index in [1.54, 1.807) is 6.07 Å². The SMILES string of the molecule is C=CCN1CC[C@@]2(c3cccc(OC(C)=O)c3)C[C@@H](NC(=O)c3ccc4ccccc4c3)CC(OC(C)=O)[C@@H]2C1. The highest BCUT2D eigenvalue weighted by Gasteiger charge is 2.53. The third-order valence-corrected chi connectivity index (χ3v) is 8.34. The highest BCUT2D eigenvalue weighted by Crippen LogP contribution is 2.50. The molecule has 2 aliphatic rings. The number of benzene rings is 3. The largest absolute Gasteiger partial charge is 0.462 e. The maximum absolute atomic E-state index is 13.5. The zero-order chi connectivity index (χ0) is 28.3. The molecule has 0 aromatic heterocycles. The molecule has 3 aromatic rings. The molecule has 1 saturated heterocycles. The number of nitrogens with zero attached hydrogens (tertiary/aromatic N) is 1. The highest BCUT2D eigenvalue weighted by molar-refractivity contribution is 5.98. The fourth-order valence-corrected chi connectivity index (χ4v) is 6.69. The molecule has 4 atom stereocenters. The third-order valence-electron chi connectivity index (χ3n) is 8.34. The van der Waals surface area contributed by atoms with E-state index in [9.17, 15) is 14.4 Å². The van der Waals surface area contributed by atoms with Crippen molar-refractivity contribution in [3.63, 3.8) is 0 Å². The zero-order valence-corrected chi connectivity index (χ0v) is 23.1. The summed E-state index contributed by atoms with van der Waals surface area (Å²) >= 11 is 0. The van der Waals surface area contributed by atoms with Crippen LogP contribution in [0, 0.1) is 5.92 Å². The van der Waals surface area contributed by atoms with Crippen LogP contribution in [0.2, 0.25) is 0 Å². The second-order valence-corrected chi connectivity index (χ2v) is 11.0. The molecule has 2 fully saturated rings. The quantitative estimate of drug-likeness (QED) is 0.257. The summed E-state index contributed by atoms with van der Waals surface area (Å²) in [6.07, 6.45) is 3.51. The van der Waals surface area contributed by atoms with Crippen LogP contribution in [0.1, 0.15) is 49.0 Å². The van der Waals surface area contributed by atoms with Gasteiger partial charge in [0.2, 0.25) is 0 Å². The van der Waals surface area contributed by atoms with Crippen LogP contribution < -0.4 is 10.1 Å². The number of likely N-dealkylation sites (tertiary alicyclic amines) is 1. The first-order valence-electron chi connectivity index (χ1n) is 13.9. The minimum atomic E-state index is -0.395. The van der Waals surface area contributed by atoms with E-state index in [-0.39, 0.29) is 29.8 Å². The second kappa shape index (κ2) is 11.6. The van der Waals surface area contributed by atoms with Gasteiger partial charge in [0.1, 0.15) is 11.9 Å². The van der Waals surface area contributed by atoms with E-state index in [2.05, 4.69) is 22.9 Å². The van der Waals surface area contributed by atoms with Crippen LogP contribution in [0.4, 0.5) is 0 Å². The number of rotatable bonds is 7. The second-order valence-electron chi connectivity index (χ2n) is 11.0. The van der Waals surface area contributed by atoms with Gasteiger partial charge in [0, 0.05) is 56.3 Å². The third kappa shape index (κ3) is 5.80. The Hall–Kier alpha value is -3.97. The molecule has 1 unspecified atom stereocenters. The summed E-state index contributed by atoms with van der Waals surface area (Å²) in [5.41, 5.74) is 1.22. The first-order chi connectivity index (χ1) is 19.3. The molecule has 5 rings (SSSR count). The molecule has 1 aliphatic heterocycles. The van der Waals surface area contributed by atoms with Gasteiger partial charge in [-0.3, -0.25) is 19.3 Å². The van der Waals surface area contributed by atoms with Gasteiger partial charge in [-0.2, -0.15) is 0 Å². The number of fused-ring (bicyclic) bond motifs is 2. The molecule has 0 spiro atoms. The summed E-state index contributed by atoms with van der Waals surface area (Å²) < 4.78 is 11.4. The number of piperidine rings is 1. The monoisotopic (exact) mass is 540 g/mol. The maximum atomic E-state index is 13.5. The van der Waals surface area contributed by atoms with Gasteiger partial charge in [0.25, 0.3) is 5.91 Å². The van der Waals surface area contributed by atoms with Crippen LogP contribution in [0.25, 0.3) is 10.8 Å². The Labute approximate surface area is 235 Å². The molecular weight excluding hydrogens is 504 g/mol. The topological polar surface area (TPSA) is 84.9 Å². The molecule has 208 valence electrons. The predicted molar refractivity (Wildman–Crippen MR) is 154 cm³/mol. The van der Waals surface area contributed by atoms with Gasteiger partial charge < -0.3 is 14.8 Å². The summed E-state index contributed by atoms with van der Waals surface area (Å²) in [7, 11) is 0. The summed E-state index contributed by atoms with van der Waals surface area (Å²) in [6, 6.07) is 21.1. The Morgan fingerprint density at radius 3 is 2.58 bits per heavy atom. The molecular formula is C33H36N2O5. The molecule has 1 N–H and O–H groups in total. The molecule has 1 heterocycles. The lowest BCUT2D eigenvalue weighted by Crippen LogP contribution is -2.61. The number of nitrogens with one attached hydrogen (secondary N) is 1. The van der Waals surface area contributed by atoms with Gasteiger partial charge in [0.05, 0.1) is 0 Å². The van der Waals surface area contributed by atoms with E-state index in [0.717, 1.165) is 42.4 Å². The normalized spacial score (nSPS) is 24.5. The van der Waals surface area contributed by atoms with Crippen molar-refractivity contribution >= 4 is 28.6 Å². The summed E-state index contributed by atoms with van der Waals surface area (Å²) in [4.78, 5) is 39.8. The summed E-state index contributed by atoms with van der Waals surface area (Å²) in [6.45, 7) is 9.04. The van der Waals surface area contributed by atoms with E-state index in [1.165, 1.54) is 13.8 Å². The molecule has 1 amide bonds. The molecule has 40 heavy (non-hydrogen) atoms. The lowest BCUT2D eigenvalue weighted by atomic mass is 9.57. The van der Waals surface area contributed by atoms with E-state index < -0.39 is 11.5 Å². The van der Waals surface area contributed by atoms with E-state index in [0.29, 0.717) is 24.2 Å². The number of amides is 1. The van der Waals surface area contributed by atoms with Gasteiger partial charge in [-0.25, -0.2) is 0 Å².